The molecule has 0 fully saturated rings. The van der Waals surface area contributed by atoms with Crippen molar-refractivity contribution in [3.05, 3.63) is 28.0 Å². The molecule has 0 saturated carbocycles. The first-order chi connectivity index (χ1) is 8.04. The number of methoxy groups -OCH3 is 1. The van der Waals surface area contributed by atoms with E-state index in [9.17, 15) is 9.18 Å². The third kappa shape index (κ3) is 2.97. The van der Waals surface area contributed by atoms with E-state index < -0.39 is 11.8 Å². The standard InChI is InChI=1S/C12H15BrFNO2/c1-4-15(5-2)11-7-9(13)8(6-10(11)14)12(16)17-3/h6-7H,4-5H2,1-3H3. The van der Waals surface area contributed by atoms with Crippen molar-refractivity contribution in [2.24, 2.45) is 0 Å². The number of carbonyl (C=O) groups excluding carboxylic acids is 1. The summed E-state index contributed by atoms with van der Waals surface area (Å²) < 4.78 is 19.0. The lowest BCUT2D eigenvalue weighted by atomic mass is 10.2. The first-order valence-electron chi connectivity index (χ1n) is 5.37. The molecule has 5 heteroatoms. The van der Waals surface area contributed by atoms with Gasteiger partial charge in [0.2, 0.25) is 0 Å². The Kier molecular flexibility index (Phi) is 4.93. The molecule has 3 nitrogen and oxygen atoms in total. The molecule has 0 heterocycles. The number of hydrogen-bond donors (Lipinski definition) is 0. The van der Waals surface area contributed by atoms with E-state index in [1.807, 2.05) is 18.7 Å². The van der Waals surface area contributed by atoms with E-state index in [1.54, 1.807) is 6.07 Å². The molecule has 1 rings (SSSR count). The fourth-order valence-corrected chi connectivity index (χ4v) is 2.10. The topological polar surface area (TPSA) is 29.5 Å². The number of anilines is 1. The average Bonchev–Trinajstić information content (AvgIpc) is 2.33. The molecular weight excluding hydrogens is 289 g/mol. The van der Waals surface area contributed by atoms with Crippen LogP contribution in [0.2, 0.25) is 0 Å². The average molecular weight is 304 g/mol. The highest BCUT2D eigenvalue weighted by atomic mass is 79.9. The molecule has 0 aliphatic carbocycles. The number of halogens is 2. The van der Waals surface area contributed by atoms with Crippen LogP contribution in [0.4, 0.5) is 10.1 Å². The Bertz CT molecular complexity index is 419. The van der Waals surface area contributed by atoms with Gasteiger partial charge < -0.3 is 9.64 Å². The summed E-state index contributed by atoms with van der Waals surface area (Å²) in [6.45, 7) is 5.31. The van der Waals surface area contributed by atoms with Crippen molar-refractivity contribution in [2.75, 3.05) is 25.1 Å². The van der Waals surface area contributed by atoms with Gasteiger partial charge in [-0.3, -0.25) is 0 Å². The molecule has 0 saturated heterocycles. The predicted octanol–water partition coefficient (Wildman–Crippen LogP) is 3.22. The van der Waals surface area contributed by atoms with Crippen LogP contribution in [0.5, 0.6) is 0 Å². The van der Waals surface area contributed by atoms with Gasteiger partial charge >= 0.3 is 5.97 Å². The van der Waals surface area contributed by atoms with Gasteiger partial charge in [-0.2, -0.15) is 0 Å². The number of rotatable bonds is 4. The fraction of sp³-hybridized carbons (Fsp3) is 0.417. The summed E-state index contributed by atoms with van der Waals surface area (Å²) >= 11 is 3.26. The summed E-state index contributed by atoms with van der Waals surface area (Å²) in [6.07, 6.45) is 0. The summed E-state index contributed by atoms with van der Waals surface area (Å²) in [5.74, 6) is -0.973. The van der Waals surface area contributed by atoms with Crippen LogP contribution in [0.25, 0.3) is 0 Å². The lowest BCUT2D eigenvalue weighted by Crippen LogP contribution is -2.23. The quantitative estimate of drug-likeness (QED) is 0.800. The number of nitrogens with zero attached hydrogens (tertiary/aromatic N) is 1. The van der Waals surface area contributed by atoms with Crippen LogP contribution in [0.1, 0.15) is 24.2 Å². The number of hydrogen-bond acceptors (Lipinski definition) is 3. The number of benzene rings is 1. The van der Waals surface area contributed by atoms with Crippen LogP contribution in [0, 0.1) is 5.82 Å². The summed E-state index contributed by atoms with van der Waals surface area (Å²) in [5.41, 5.74) is 0.676. The van der Waals surface area contributed by atoms with E-state index in [2.05, 4.69) is 20.7 Å². The predicted molar refractivity (Wildman–Crippen MR) is 69.0 cm³/mol. The van der Waals surface area contributed by atoms with Gasteiger partial charge in [0.1, 0.15) is 5.82 Å². The Morgan fingerprint density at radius 3 is 2.47 bits per heavy atom. The Labute approximate surface area is 109 Å². The second kappa shape index (κ2) is 6.00. The van der Waals surface area contributed by atoms with Crippen molar-refractivity contribution < 1.29 is 13.9 Å². The molecule has 0 radical (unpaired) electrons. The summed E-state index contributed by atoms with van der Waals surface area (Å²) in [4.78, 5) is 13.3. The lowest BCUT2D eigenvalue weighted by Gasteiger charge is -2.22. The maximum absolute atomic E-state index is 13.9. The van der Waals surface area contributed by atoms with Crippen molar-refractivity contribution >= 4 is 27.6 Å². The van der Waals surface area contributed by atoms with E-state index in [1.165, 1.54) is 13.2 Å². The van der Waals surface area contributed by atoms with E-state index in [4.69, 9.17) is 0 Å². The third-order valence-electron chi connectivity index (χ3n) is 2.55. The van der Waals surface area contributed by atoms with Crippen LogP contribution < -0.4 is 4.90 Å². The third-order valence-corrected chi connectivity index (χ3v) is 3.20. The van der Waals surface area contributed by atoms with Gasteiger partial charge in [-0.1, -0.05) is 0 Å². The minimum Gasteiger partial charge on any atom is -0.465 e. The molecule has 0 bridgehead atoms. The van der Waals surface area contributed by atoms with Crippen molar-refractivity contribution in [2.45, 2.75) is 13.8 Å². The zero-order chi connectivity index (χ0) is 13.0. The maximum atomic E-state index is 13.9. The molecule has 0 atom stereocenters. The Morgan fingerprint density at radius 1 is 1.41 bits per heavy atom. The molecule has 1 aromatic rings. The molecule has 0 N–H and O–H groups in total. The van der Waals surface area contributed by atoms with Crippen molar-refractivity contribution in [1.29, 1.82) is 0 Å². The van der Waals surface area contributed by atoms with Crippen LogP contribution in [0.3, 0.4) is 0 Å². The van der Waals surface area contributed by atoms with Gasteiger partial charge in [0.15, 0.2) is 0 Å². The second-order valence-electron chi connectivity index (χ2n) is 3.45. The first kappa shape index (κ1) is 14.0. The normalized spacial score (nSPS) is 10.2. The van der Waals surface area contributed by atoms with Crippen molar-refractivity contribution in [1.82, 2.24) is 0 Å². The molecule has 17 heavy (non-hydrogen) atoms. The molecular formula is C12H15BrFNO2. The Hall–Kier alpha value is -1.10. The molecule has 1 aromatic carbocycles. The molecule has 0 aromatic heterocycles. The Morgan fingerprint density at radius 2 is 2.00 bits per heavy atom. The highest BCUT2D eigenvalue weighted by Crippen LogP contribution is 2.28. The molecule has 94 valence electrons. The van der Waals surface area contributed by atoms with E-state index in [0.29, 0.717) is 23.2 Å². The van der Waals surface area contributed by atoms with Crippen molar-refractivity contribution in [3.8, 4) is 0 Å². The van der Waals surface area contributed by atoms with Crippen LogP contribution in [-0.4, -0.2) is 26.2 Å². The van der Waals surface area contributed by atoms with Gasteiger partial charge in [-0.15, -0.1) is 0 Å². The highest BCUT2D eigenvalue weighted by molar-refractivity contribution is 9.10. The fourth-order valence-electron chi connectivity index (χ4n) is 1.61. The molecule has 0 spiro atoms. The minimum absolute atomic E-state index is 0.195. The van der Waals surface area contributed by atoms with Gasteiger partial charge in [0.05, 0.1) is 18.4 Å². The van der Waals surface area contributed by atoms with Crippen molar-refractivity contribution in [3.63, 3.8) is 0 Å². The molecule has 0 amide bonds. The summed E-state index contributed by atoms with van der Waals surface area (Å²) in [7, 11) is 1.27. The summed E-state index contributed by atoms with van der Waals surface area (Å²) in [5, 5.41) is 0. The van der Waals surface area contributed by atoms with E-state index in [0.717, 1.165) is 0 Å². The van der Waals surface area contributed by atoms with Gasteiger partial charge in [-0.05, 0) is 41.9 Å². The largest absolute Gasteiger partial charge is 0.465 e. The highest BCUT2D eigenvalue weighted by Gasteiger charge is 2.17. The zero-order valence-corrected chi connectivity index (χ0v) is 11.7. The van der Waals surface area contributed by atoms with Gasteiger partial charge in [0.25, 0.3) is 0 Å². The molecule has 0 aliphatic heterocycles. The Balaban J connectivity index is 3.22. The second-order valence-corrected chi connectivity index (χ2v) is 4.30. The molecule has 0 aliphatic rings. The van der Waals surface area contributed by atoms with Crippen LogP contribution in [0.15, 0.2) is 16.6 Å². The van der Waals surface area contributed by atoms with E-state index >= 15 is 0 Å². The smallest absolute Gasteiger partial charge is 0.339 e. The lowest BCUT2D eigenvalue weighted by molar-refractivity contribution is 0.0599. The summed E-state index contributed by atoms with van der Waals surface area (Å²) in [6, 6.07) is 2.80. The molecule has 0 unspecified atom stereocenters. The van der Waals surface area contributed by atoms with Crippen LogP contribution in [-0.2, 0) is 4.74 Å². The zero-order valence-electron chi connectivity index (χ0n) is 10.1. The van der Waals surface area contributed by atoms with Crippen LogP contribution >= 0.6 is 15.9 Å². The SMILES string of the molecule is CCN(CC)c1cc(Br)c(C(=O)OC)cc1F. The van der Waals surface area contributed by atoms with Gasteiger partial charge in [-0.25, -0.2) is 9.18 Å². The number of esters is 1. The van der Waals surface area contributed by atoms with E-state index in [-0.39, 0.29) is 5.56 Å². The first-order valence-corrected chi connectivity index (χ1v) is 6.16. The number of ether oxygens (including phenoxy) is 1. The number of carbonyl (C=O) groups is 1. The van der Waals surface area contributed by atoms with Gasteiger partial charge in [0, 0.05) is 17.6 Å². The minimum atomic E-state index is -0.554. The maximum Gasteiger partial charge on any atom is 0.339 e. The monoisotopic (exact) mass is 303 g/mol.